The van der Waals surface area contributed by atoms with Crippen LogP contribution in [0.25, 0.3) is 0 Å². The summed E-state index contributed by atoms with van der Waals surface area (Å²) in [4.78, 5) is 12.4. The highest BCUT2D eigenvalue weighted by molar-refractivity contribution is 5.74. The van der Waals surface area contributed by atoms with Crippen molar-refractivity contribution in [3.05, 3.63) is 106 Å². The summed E-state index contributed by atoms with van der Waals surface area (Å²) in [7, 11) is 5.52. The van der Waals surface area contributed by atoms with Crippen molar-refractivity contribution in [3.63, 3.8) is 0 Å². The predicted molar refractivity (Wildman–Crippen MR) is 241 cm³/mol. The molecule has 11 heteroatoms. The normalized spacial score (nSPS) is 34.8. The van der Waals surface area contributed by atoms with E-state index in [1.54, 1.807) is 7.11 Å². The van der Waals surface area contributed by atoms with Gasteiger partial charge in [-0.3, -0.25) is 10.1 Å². The van der Waals surface area contributed by atoms with E-state index in [2.05, 4.69) is 65.0 Å². The summed E-state index contributed by atoms with van der Waals surface area (Å²) >= 11 is 0. The molecule has 3 aliphatic carbocycles. The molecule has 0 radical (unpaired) electrons. The first kappa shape index (κ1) is 49.0. The lowest BCUT2D eigenvalue weighted by atomic mass is 9.45. The van der Waals surface area contributed by atoms with E-state index in [1.807, 2.05) is 46.2 Å². The molecule has 1 aromatic carbocycles. The zero-order valence-corrected chi connectivity index (χ0v) is 37.4. The number of fused-ring (bicyclic) bond motifs is 5. The summed E-state index contributed by atoms with van der Waals surface area (Å²) < 4.78 is 11.2. The molecule has 10 atom stereocenters. The third kappa shape index (κ3) is 11.0. The van der Waals surface area contributed by atoms with Gasteiger partial charge in [0.15, 0.2) is 0 Å². The second kappa shape index (κ2) is 22.5. The van der Waals surface area contributed by atoms with E-state index >= 15 is 0 Å². The molecular weight excluding hydrogens is 771 g/mol. The number of nitrogens with one attached hydrogen (secondary N) is 3. The molecule has 1 heterocycles. The first-order valence-electron chi connectivity index (χ1n) is 22.4. The van der Waals surface area contributed by atoms with Crippen LogP contribution in [-0.2, 0) is 27.1 Å². The number of hydrogen-bond acceptors (Lipinski definition) is 11. The van der Waals surface area contributed by atoms with Crippen molar-refractivity contribution < 1.29 is 39.8 Å². The fourth-order valence-electron chi connectivity index (χ4n) is 11.4. The van der Waals surface area contributed by atoms with Crippen LogP contribution in [0.3, 0.4) is 0 Å². The van der Waals surface area contributed by atoms with Crippen LogP contribution in [0, 0.1) is 35.0 Å². The zero-order valence-electron chi connectivity index (χ0n) is 37.4. The van der Waals surface area contributed by atoms with Crippen molar-refractivity contribution in [2.75, 3.05) is 60.9 Å². The minimum Gasteiger partial charge on any atom is -0.396 e. The van der Waals surface area contributed by atoms with Gasteiger partial charge in [0, 0.05) is 43.1 Å². The number of allylic oxidation sites excluding steroid dienone is 9. The van der Waals surface area contributed by atoms with E-state index < -0.39 is 36.1 Å². The lowest BCUT2D eigenvalue weighted by molar-refractivity contribution is -0.194. The Balaban J connectivity index is 1.47. The van der Waals surface area contributed by atoms with Crippen LogP contribution < -0.4 is 16.0 Å². The summed E-state index contributed by atoms with van der Waals surface area (Å²) in [6.45, 7) is 9.81. The molecule has 4 bridgehead atoms. The first-order chi connectivity index (χ1) is 29.4. The minimum absolute atomic E-state index is 0.0351. The van der Waals surface area contributed by atoms with E-state index in [-0.39, 0.29) is 42.4 Å². The van der Waals surface area contributed by atoms with Gasteiger partial charge in [0.25, 0.3) is 0 Å². The second-order valence-corrected chi connectivity index (χ2v) is 18.3. The molecule has 1 spiro atoms. The SMILES string of the molecule is C=C(/C=C/C=C(/COCO)[C@@H]1CC[C@]2([C@@H]1O)[C@@H]1C(=C(C)C=O)[C@@H](C=C[C@H]1CCO)C[C@]2(O)CCNC)[C@H]1C/C=C(\C)[C@@H](O)N[C@@](CCNC)(CCOC)Cc2cccc(c2)C1. The molecule has 5 rings (SSSR count). The molecule has 0 aromatic heterocycles. The van der Waals surface area contributed by atoms with Crippen molar-refractivity contribution in [1.82, 2.24) is 16.0 Å². The largest absolute Gasteiger partial charge is 0.396 e. The van der Waals surface area contributed by atoms with Gasteiger partial charge in [0.1, 0.15) is 19.3 Å². The first-order valence-corrected chi connectivity index (χ1v) is 22.4. The standard InChI is InChI=1S/C50H75N3O8/c1-34(40-14-13-35(2)47(58)53-48(20-23-51-4,22-26-60-6)29-38-11-8-10-37(27-38)28-40)9-7-12-42(32-61-33-56)43-17-19-50(46(43)57)45-39(18-25-54)15-16-41(44(45)36(3)31-55)30-49(50,59)21-24-52-5/h7-13,15-16,27,31,39-41,43,45-47,51-54,56-59H,1,14,17-26,28-30,32-33H2,2-6H3/b9-7+,35-13+,42-12-,44-36?/t39-,40-,41-,43-,45-,46+,47+,48-,49+,50+/m0/s1. The third-order valence-electron chi connectivity index (χ3n) is 14.6. The van der Waals surface area contributed by atoms with Gasteiger partial charge >= 0.3 is 0 Å². The molecule has 8 N–H and O–H groups in total. The highest BCUT2D eigenvalue weighted by atomic mass is 16.6. The Morgan fingerprint density at radius 3 is 2.54 bits per heavy atom. The van der Waals surface area contributed by atoms with Gasteiger partial charge in [-0.1, -0.05) is 78.4 Å². The molecule has 0 unspecified atom stereocenters. The van der Waals surface area contributed by atoms with Crippen LogP contribution >= 0.6 is 0 Å². The van der Waals surface area contributed by atoms with Gasteiger partial charge in [-0.25, -0.2) is 0 Å². The Hall–Kier alpha value is -3.07. The average Bonchev–Trinajstić information content (AvgIpc) is 3.60. The van der Waals surface area contributed by atoms with E-state index in [0.717, 1.165) is 60.8 Å². The van der Waals surface area contributed by atoms with E-state index in [0.29, 0.717) is 57.2 Å². The van der Waals surface area contributed by atoms with Crippen LogP contribution in [0.2, 0.25) is 0 Å². The molecule has 11 nitrogen and oxygen atoms in total. The molecular formula is C50H75N3O8. The van der Waals surface area contributed by atoms with Crippen molar-refractivity contribution in [2.24, 2.45) is 35.0 Å². The second-order valence-electron chi connectivity index (χ2n) is 18.3. The Bertz CT molecular complexity index is 1780. The number of methoxy groups -OCH3 is 1. The van der Waals surface area contributed by atoms with E-state index in [1.165, 1.54) is 11.1 Å². The number of hydrogen-bond donors (Lipinski definition) is 8. The van der Waals surface area contributed by atoms with Gasteiger partial charge in [-0.05, 0) is 151 Å². The lowest BCUT2D eigenvalue weighted by Gasteiger charge is -2.61. The van der Waals surface area contributed by atoms with Crippen molar-refractivity contribution in [3.8, 4) is 0 Å². The van der Waals surface area contributed by atoms with E-state index in [9.17, 15) is 30.3 Å². The number of rotatable bonds is 19. The molecule has 338 valence electrons. The number of aliphatic hydroxyl groups excluding tert-OH is 4. The summed E-state index contributed by atoms with van der Waals surface area (Å²) in [5.41, 5.74) is 3.94. The molecule has 1 aliphatic heterocycles. The molecule has 2 saturated carbocycles. The maximum absolute atomic E-state index is 12.9. The third-order valence-corrected chi connectivity index (χ3v) is 14.6. The number of aldehydes is 1. The fourth-order valence-corrected chi connectivity index (χ4v) is 11.4. The zero-order chi connectivity index (χ0) is 44.2. The number of ether oxygens (including phenoxy) is 2. The van der Waals surface area contributed by atoms with Gasteiger partial charge < -0.3 is 45.6 Å². The highest BCUT2D eigenvalue weighted by Crippen LogP contribution is 2.67. The van der Waals surface area contributed by atoms with Gasteiger partial charge in [-0.15, -0.1) is 0 Å². The van der Waals surface area contributed by atoms with Gasteiger partial charge in [-0.2, -0.15) is 0 Å². The van der Waals surface area contributed by atoms with Crippen LogP contribution in [0.4, 0.5) is 0 Å². The smallest absolute Gasteiger partial charge is 0.145 e. The predicted octanol–water partition coefficient (Wildman–Crippen LogP) is 4.85. The number of benzene rings is 1. The quantitative estimate of drug-likeness (QED) is 0.0315. The number of aliphatic hydroxyl groups is 5. The monoisotopic (exact) mass is 846 g/mol. The minimum atomic E-state index is -1.25. The fraction of sp³-hybridized carbons (Fsp3) is 0.620. The Morgan fingerprint density at radius 1 is 1.08 bits per heavy atom. The molecule has 2 fully saturated rings. The molecule has 0 amide bonds. The van der Waals surface area contributed by atoms with Crippen LogP contribution in [-0.4, -0.2) is 116 Å². The number of carbonyl (C=O) groups excluding carboxylic acids is 1. The summed E-state index contributed by atoms with van der Waals surface area (Å²) in [6, 6.07) is 8.71. The molecule has 1 aromatic rings. The van der Waals surface area contributed by atoms with Crippen molar-refractivity contribution >= 4 is 6.29 Å². The summed E-state index contributed by atoms with van der Waals surface area (Å²) in [5, 5.41) is 67.3. The summed E-state index contributed by atoms with van der Waals surface area (Å²) in [6.07, 6.45) is 17.4. The Kier molecular flexibility index (Phi) is 18.1. The van der Waals surface area contributed by atoms with Crippen molar-refractivity contribution in [1.29, 1.82) is 0 Å². The molecule has 0 saturated heterocycles. The maximum atomic E-state index is 12.9. The van der Waals surface area contributed by atoms with Crippen molar-refractivity contribution in [2.45, 2.75) is 102 Å². The van der Waals surface area contributed by atoms with Crippen LogP contribution in [0.1, 0.15) is 76.3 Å². The number of carbonyl (C=O) groups is 1. The van der Waals surface area contributed by atoms with Crippen LogP contribution in [0.5, 0.6) is 0 Å². The lowest BCUT2D eigenvalue weighted by Crippen LogP contribution is -2.65. The van der Waals surface area contributed by atoms with Gasteiger partial charge in [0.05, 0.1) is 18.3 Å². The average molecular weight is 846 g/mol. The van der Waals surface area contributed by atoms with E-state index in [4.69, 9.17) is 9.47 Å². The topological polar surface area (TPSA) is 173 Å². The Morgan fingerprint density at radius 2 is 1.84 bits per heavy atom. The van der Waals surface area contributed by atoms with Crippen LogP contribution in [0.15, 0.2) is 95.2 Å². The maximum Gasteiger partial charge on any atom is 0.145 e. The highest BCUT2D eigenvalue weighted by Gasteiger charge is 2.68. The molecule has 61 heavy (non-hydrogen) atoms. The Labute approximate surface area is 364 Å². The van der Waals surface area contributed by atoms with Gasteiger partial charge in [0.2, 0.25) is 0 Å². The summed E-state index contributed by atoms with van der Waals surface area (Å²) in [5.74, 6) is -1.00. The molecule has 4 aliphatic rings.